The van der Waals surface area contributed by atoms with E-state index in [1.165, 1.54) is 11.8 Å². The standard InChI is InChI=1S/C16H18N2O4S2/c1-17(2)13-7-3-6-12-11(13)5-4-8-15(12)24(21,22)18-10-23-9-14(18)16(19)20/h3-8,14H,9-10H2,1-2H3,(H,19,20). The van der Waals surface area contributed by atoms with Gasteiger partial charge in [-0.2, -0.15) is 4.31 Å². The van der Waals surface area contributed by atoms with Crippen molar-refractivity contribution in [1.29, 1.82) is 0 Å². The number of benzene rings is 2. The Hall–Kier alpha value is -1.77. The molecule has 2 aromatic rings. The first kappa shape index (κ1) is 17.1. The Labute approximate surface area is 145 Å². The van der Waals surface area contributed by atoms with Gasteiger partial charge in [0.05, 0.1) is 10.8 Å². The fourth-order valence-electron chi connectivity index (χ4n) is 2.86. The highest BCUT2D eigenvalue weighted by Crippen LogP contribution is 2.34. The van der Waals surface area contributed by atoms with Crippen LogP contribution in [-0.4, -0.2) is 55.6 Å². The fourth-order valence-corrected chi connectivity index (χ4v) is 6.21. The van der Waals surface area contributed by atoms with Crippen molar-refractivity contribution < 1.29 is 18.3 Å². The molecule has 1 heterocycles. The molecule has 0 amide bonds. The summed E-state index contributed by atoms with van der Waals surface area (Å²) in [5.41, 5.74) is 0.912. The molecule has 1 aliphatic rings. The molecule has 128 valence electrons. The molecule has 6 nitrogen and oxygen atoms in total. The minimum absolute atomic E-state index is 0.150. The van der Waals surface area contributed by atoms with E-state index in [0.717, 1.165) is 15.4 Å². The van der Waals surface area contributed by atoms with Gasteiger partial charge in [0.15, 0.2) is 0 Å². The molecule has 0 bridgehead atoms. The summed E-state index contributed by atoms with van der Waals surface area (Å²) in [4.78, 5) is 13.4. The van der Waals surface area contributed by atoms with Gasteiger partial charge in [-0.15, -0.1) is 11.8 Å². The number of carbonyl (C=O) groups is 1. The van der Waals surface area contributed by atoms with Gasteiger partial charge in [0, 0.05) is 36.3 Å². The molecule has 0 aliphatic carbocycles. The smallest absolute Gasteiger partial charge is 0.322 e. The lowest BCUT2D eigenvalue weighted by atomic mass is 10.1. The van der Waals surface area contributed by atoms with Crippen molar-refractivity contribution in [2.75, 3.05) is 30.6 Å². The van der Waals surface area contributed by atoms with Crippen molar-refractivity contribution in [3.63, 3.8) is 0 Å². The third-order valence-corrected chi connectivity index (χ3v) is 7.14. The van der Waals surface area contributed by atoms with Crippen LogP contribution in [0.25, 0.3) is 10.8 Å². The third kappa shape index (κ3) is 2.74. The first-order valence-corrected chi connectivity index (χ1v) is 9.95. The molecule has 1 unspecified atom stereocenters. The van der Waals surface area contributed by atoms with Crippen LogP contribution in [-0.2, 0) is 14.8 Å². The highest BCUT2D eigenvalue weighted by atomic mass is 32.2. The van der Waals surface area contributed by atoms with Gasteiger partial charge in [-0.3, -0.25) is 4.79 Å². The molecule has 1 saturated heterocycles. The van der Waals surface area contributed by atoms with Crippen molar-refractivity contribution in [3.8, 4) is 0 Å². The summed E-state index contributed by atoms with van der Waals surface area (Å²) in [6.07, 6.45) is 0. The Morgan fingerprint density at radius 2 is 1.88 bits per heavy atom. The van der Waals surface area contributed by atoms with E-state index in [4.69, 9.17) is 0 Å². The number of fused-ring (bicyclic) bond motifs is 1. The second-order valence-electron chi connectivity index (χ2n) is 5.77. The molecule has 0 aromatic heterocycles. The quantitative estimate of drug-likeness (QED) is 0.892. The maximum Gasteiger partial charge on any atom is 0.322 e. The number of anilines is 1. The molecular formula is C16H18N2O4S2. The Kier molecular flexibility index (Phi) is 4.46. The largest absolute Gasteiger partial charge is 0.480 e. The number of nitrogens with zero attached hydrogens (tertiary/aromatic N) is 2. The Balaban J connectivity index is 2.19. The average molecular weight is 366 g/mol. The predicted octanol–water partition coefficient (Wildman–Crippen LogP) is 2.05. The van der Waals surface area contributed by atoms with Gasteiger partial charge in [0.25, 0.3) is 0 Å². The molecule has 1 fully saturated rings. The second kappa shape index (κ2) is 6.27. The van der Waals surface area contributed by atoms with Crippen LogP contribution in [0.1, 0.15) is 0 Å². The van der Waals surface area contributed by atoms with Crippen molar-refractivity contribution in [1.82, 2.24) is 4.31 Å². The Morgan fingerprint density at radius 3 is 2.54 bits per heavy atom. The minimum atomic E-state index is -3.89. The van der Waals surface area contributed by atoms with E-state index in [0.29, 0.717) is 5.39 Å². The van der Waals surface area contributed by atoms with Gasteiger partial charge in [0.1, 0.15) is 6.04 Å². The molecule has 1 aliphatic heterocycles. The van der Waals surface area contributed by atoms with Crippen LogP contribution in [0.4, 0.5) is 5.69 Å². The van der Waals surface area contributed by atoms with Gasteiger partial charge < -0.3 is 10.0 Å². The van der Waals surface area contributed by atoms with Gasteiger partial charge >= 0.3 is 5.97 Å². The number of carboxylic acid groups (broad SMARTS) is 1. The number of carboxylic acids is 1. The zero-order valence-electron chi connectivity index (χ0n) is 13.3. The highest BCUT2D eigenvalue weighted by molar-refractivity contribution is 8.00. The molecule has 1 N–H and O–H groups in total. The fraction of sp³-hybridized carbons (Fsp3) is 0.312. The Bertz CT molecular complexity index is 896. The normalized spacial score (nSPS) is 18.8. The summed E-state index contributed by atoms with van der Waals surface area (Å²) >= 11 is 1.31. The van der Waals surface area contributed by atoms with Crippen LogP contribution in [0.3, 0.4) is 0 Å². The zero-order valence-corrected chi connectivity index (χ0v) is 15.0. The maximum atomic E-state index is 13.1. The number of thioether (sulfide) groups is 1. The van der Waals surface area contributed by atoms with E-state index in [2.05, 4.69) is 0 Å². The van der Waals surface area contributed by atoms with E-state index in [9.17, 15) is 18.3 Å². The third-order valence-electron chi connectivity index (χ3n) is 4.05. The number of aliphatic carboxylic acids is 1. The molecule has 1 atom stereocenters. The second-order valence-corrected chi connectivity index (χ2v) is 8.63. The van der Waals surface area contributed by atoms with E-state index in [1.807, 2.05) is 37.2 Å². The molecule has 24 heavy (non-hydrogen) atoms. The molecule has 0 radical (unpaired) electrons. The summed E-state index contributed by atoms with van der Waals surface area (Å²) in [6.45, 7) is 0. The summed E-state index contributed by atoms with van der Waals surface area (Å²) in [7, 11) is -0.0961. The lowest BCUT2D eigenvalue weighted by molar-refractivity contribution is -0.140. The molecule has 8 heteroatoms. The van der Waals surface area contributed by atoms with Crippen molar-refractivity contribution >= 4 is 44.2 Å². The lowest BCUT2D eigenvalue weighted by Gasteiger charge is -2.22. The SMILES string of the molecule is CN(C)c1cccc2c(S(=O)(=O)N3CSCC3C(=O)O)cccc12. The number of hydrogen-bond acceptors (Lipinski definition) is 5. The van der Waals surface area contributed by atoms with Crippen LogP contribution in [0.5, 0.6) is 0 Å². The van der Waals surface area contributed by atoms with Crippen LogP contribution in [0, 0.1) is 0 Å². The van der Waals surface area contributed by atoms with Gasteiger partial charge in [-0.1, -0.05) is 24.3 Å². The van der Waals surface area contributed by atoms with E-state index in [-0.39, 0.29) is 16.5 Å². The van der Waals surface area contributed by atoms with Crippen molar-refractivity contribution in [2.45, 2.75) is 10.9 Å². The van der Waals surface area contributed by atoms with Crippen LogP contribution in [0.2, 0.25) is 0 Å². The van der Waals surface area contributed by atoms with E-state index < -0.39 is 22.0 Å². The number of sulfonamides is 1. The average Bonchev–Trinajstić information content (AvgIpc) is 3.04. The van der Waals surface area contributed by atoms with Gasteiger partial charge in [0.2, 0.25) is 10.0 Å². The summed E-state index contributed by atoms with van der Waals surface area (Å²) in [5.74, 6) is -0.691. The summed E-state index contributed by atoms with van der Waals surface area (Å²) in [5, 5.41) is 10.7. The highest BCUT2D eigenvalue weighted by Gasteiger charge is 2.40. The zero-order chi connectivity index (χ0) is 17.5. The molecule has 0 saturated carbocycles. The Morgan fingerprint density at radius 1 is 1.21 bits per heavy atom. The first-order chi connectivity index (χ1) is 11.3. The molecular weight excluding hydrogens is 348 g/mol. The van der Waals surface area contributed by atoms with Crippen LogP contribution >= 0.6 is 11.8 Å². The van der Waals surface area contributed by atoms with E-state index >= 15 is 0 Å². The van der Waals surface area contributed by atoms with E-state index in [1.54, 1.807) is 18.2 Å². The number of rotatable bonds is 4. The molecule has 2 aromatic carbocycles. The van der Waals surface area contributed by atoms with Gasteiger partial charge in [-0.05, 0) is 12.1 Å². The summed E-state index contributed by atoms with van der Waals surface area (Å²) in [6, 6.07) is 9.58. The summed E-state index contributed by atoms with van der Waals surface area (Å²) < 4.78 is 27.2. The van der Waals surface area contributed by atoms with Crippen molar-refractivity contribution in [3.05, 3.63) is 36.4 Å². The minimum Gasteiger partial charge on any atom is -0.480 e. The van der Waals surface area contributed by atoms with Crippen molar-refractivity contribution in [2.24, 2.45) is 0 Å². The molecule has 0 spiro atoms. The van der Waals surface area contributed by atoms with Gasteiger partial charge in [-0.25, -0.2) is 8.42 Å². The monoisotopic (exact) mass is 366 g/mol. The lowest BCUT2D eigenvalue weighted by Crippen LogP contribution is -2.41. The topological polar surface area (TPSA) is 77.9 Å². The predicted molar refractivity (Wildman–Crippen MR) is 96.0 cm³/mol. The number of hydrogen-bond donors (Lipinski definition) is 1. The van der Waals surface area contributed by atoms with Crippen LogP contribution < -0.4 is 4.90 Å². The maximum absolute atomic E-state index is 13.1. The molecule has 3 rings (SSSR count). The first-order valence-electron chi connectivity index (χ1n) is 7.35. The van der Waals surface area contributed by atoms with Crippen LogP contribution in [0.15, 0.2) is 41.3 Å².